The van der Waals surface area contributed by atoms with E-state index in [9.17, 15) is 17.4 Å². The first-order valence-electron chi connectivity index (χ1n) is 8.57. The van der Waals surface area contributed by atoms with Crippen LogP contribution in [0.5, 0.6) is 0 Å². The largest absolute Gasteiger partial charge is 0.471 e. The van der Waals surface area contributed by atoms with Gasteiger partial charge in [-0.3, -0.25) is 0 Å². The number of benzene rings is 2. The van der Waals surface area contributed by atoms with E-state index in [0.717, 1.165) is 5.56 Å². The van der Waals surface area contributed by atoms with Gasteiger partial charge in [0.1, 0.15) is 0 Å². The highest BCUT2D eigenvalue weighted by molar-refractivity contribution is 7.94. The van der Waals surface area contributed by atoms with Crippen molar-refractivity contribution >= 4 is 21.3 Å². The molecule has 0 spiro atoms. The Morgan fingerprint density at radius 3 is 2.24 bits per heavy atom. The van der Waals surface area contributed by atoms with E-state index in [1.54, 1.807) is 48.5 Å². The van der Waals surface area contributed by atoms with Gasteiger partial charge < -0.3 is 4.52 Å². The molecule has 10 heteroatoms. The van der Waals surface area contributed by atoms with Gasteiger partial charge in [-0.05, 0) is 43.7 Å². The second kappa shape index (κ2) is 8.16. The van der Waals surface area contributed by atoms with Crippen molar-refractivity contribution in [2.24, 2.45) is 4.36 Å². The Balaban J connectivity index is 1.83. The van der Waals surface area contributed by atoms with E-state index >= 15 is 0 Å². The third-order valence-corrected chi connectivity index (χ3v) is 7.10. The summed E-state index contributed by atoms with van der Waals surface area (Å²) in [5.41, 5.74) is 1.12. The van der Waals surface area contributed by atoms with Gasteiger partial charge in [0.2, 0.25) is 5.82 Å². The zero-order chi connectivity index (χ0) is 21.2. The summed E-state index contributed by atoms with van der Waals surface area (Å²) in [4.78, 5) is 3.95. The molecule has 0 aliphatic rings. The van der Waals surface area contributed by atoms with Crippen molar-refractivity contribution in [2.45, 2.75) is 36.7 Å². The van der Waals surface area contributed by atoms with Crippen LogP contribution >= 0.6 is 11.6 Å². The van der Waals surface area contributed by atoms with Gasteiger partial charge in [0.15, 0.2) is 0 Å². The molecule has 1 atom stereocenters. The predicted octanol–water partition coefficient (Wildman–Crippen LogP) is 5.84. The van der Waals surface area contributed by atoms with Crippen LogP contribution in [-0.4, -0.2) is 19.6 Å². The van der Waals surface area contributed by atoms with Gasteiger partial charge in [0, 0.05) is 20.7 Å². The van der Waals surface area contributed by atoms with Gasteiger partial charge >= 0.3 is 12.1 Å². The number of alkyl halides is 3. The van der Waals surface area contributed by atoms with E-state index in [2.05, 4.69) is 19.0 Å². The number of nitrogens with zero attached hydrogens (tertiary/aromatic N) is 3. The fourth-order valence-corrected chi connectivity index (χ4v) is 4.50. The molecular weight excluding hydrogens is 427 g/mol. The Hall–Kier alpha value is -2.39. The molecule has 0 amide bonds. The SMILES string of the molecule is CC(C)S(=O)(=NCc1ccc(-c2noc(C(F)(F)F)n2)cc1)c1ccc(Cl)cc1. The fraction of sp³-hybridized carbons (Fsp3) is 0.263. The third-order valence-electron chi connectivity index (χ3n) is 4.11. The average Bonchev–Trinajstić information content (AvgIpc) is 3.17. The fourth-order valence-electron chi connectivity index (χ4n) is 2.51. The Kier molecular flexibility index (Phi) is 6.00. The quantitative estimate of drug-likeness (QED) is 0.496. The Morgan fingerprint density at radius 1 is 1.10 bits per heavy atom. The number of hydrogen-bond acceptors (Lipinski definition) is 5. The minimum absolute atomic E-state index is 0.159. The van der Waals surface area contributed by atoms with Crippen molar-refractivity contribution in [3.05, 3.63) is 65.0 Å². The lowest BCUT2D eigenvalue weighted by molar-refractivity contribution is -0.159. The zero-order valence-corrected chi connectivity index (χ0v) is 17.1. The standard InChI is InChI=1S/C19H17ClF3N3O2S/c1-12(2)29(27,16-9-7-15(20)8-10-16)24-11-13-3-5-14(6-4-13)17-25-18(28-26-17)19(21,22)23/h3-10,12H,11H2,1-2H3. The lowest BCUT2D eigenvalue weighted by atomic mass is 10.1. The lowest BCUT2D eigenvalue weighted by Crippen LogP contribution is -2.14. The number of halogens is 4. The molecule has 5 nitrogen and oxygen atoms in total. The molecule has 0 aliphatic carbocycles. The molecule has 1 unspecified atom stereocenters. The Morgan fingerprint density at radius 2 is 1.72 bits per heavy atom. The summed E-state index contributed by atoms with van der Waals surface area (Å²) < 4.78 is 59.8. The van der Waals surface area contributed by atoms with Crippen molar-refractivity contribution < 1.29 is 21.9 Å². The van der Waals surface area contributed by atoms with Crippen LogP contribution in [0, 0.1) is 0 Å². The molecule has 1 aromatic heterocycles. The molecule has 29 heavy (non-hydrogen) atoms. The third kappa shape index (κ3) is 4.79. The van der Waals surface area contributed by atoms with E-state index in [4.69, 9.17) is 11.6 Å². The van der Waals surface area contributed by atoms with Crippen LogP contribution in [0.2, 0.25) is 5.02 Å². The summed E-state index contributed by atoms with van der Waals surface area (Å²) in [6.07, 6.45) is -4.69. The van der Waals surface area contributed by atoms with Crippen LogP contribution in [0.1, 0.15) is 25.3 Å². The highest BCUT2D eigenvalue weighted by Crippen LogP contribution is 2.29. The molecule has 2 aromatic carbocycles. The maximum Gasteiger partial charge on any atom is 0.471 e. The molecular formula is C19H17ClF3N3O2S. The summed E-state index contributed by atoms with van der Waals surface area (Å²) in [5.74, 6) is -1.56. The zero-order valence-electron chi connectivity index (χ0n) is 15.5. The summed E-state index contributed by atoms with van der Waals surface area (Å²) in [7, 11) is -2.67. The van der Waals surface area contributed by atoms with Crippen molar-refractivity contribution in [3.63, 3.8) is 0 Å². The van der Waals surface area contributed by atoms with E-state index in [0.29, 0.717) is 15.5 Å². The van der Waals surface area contributed by atoms with Crippen LogP contribution in [0.25, 0.3) is 11.4 Å². The van der Waals surface area contributed by atoms with Crippen LogP contribution in [-0.2, 0) is 22.5 Å². The topological polar surface area (TPSA) is 68.3 Å². The highest BCUT2D eigenvalue weighted by atomic mass is 35.5. The van der Waals surface area contributed by atoms with E-state index < -0.39 is 21.8 Å². The number of hydrogen-bond donors (Lipinski definition) is 0. The molecule has 0 N–H and O–H groups in total. The molecule has 0 saturated carbocycles. The second-order valence-electron chi connectivity index (χ2n) is 6.48. The molecule has 0 aliphatic heterocycles. The van der Waals surface area contributed by atoms with Crippen LogP contribution in [0.15, 0.2) is 62.3 Å². The Labute approximate surface area is 171 Å². The van der Waals surface area contributed by atoms with Gasteiger partial charge in [0.05, 0.1) is 16.3 Å². The van der Waals surface area contributed by atoms with Crippen molar-refractivity contribution in [2.75, 3.05) is 0 Å². The summed E-state index contributed by atoms with van der Waals surface area (Å²) in [5, 5.41) is 3.68. The van der Waals surface area contributed by atoms with Gasteiger partial charge in [-0.15, -0.1) is 0 Å². The summed E-state index contributed by atoms with van der Waals surface area (Å²) >= 11 is 5.90. The molecule has 0 bridgehead atoms. The molecule has 0 saturated heterocycles. The minimum Gasteiger partial charge on any atom is -0.329 e. The van der Waals surface area contributed by atoms with Crippen molar-refractivity contribution in [1.29, 1.82) is 0 Å². The van der Waals surface area contributed by atoms with Crippen molar-refractivity contribution in [1.82, 2.24) is 10.1 Å². The highest BCUT2D eigenvalue weighted by Gasteiger charge is 2.38. The molecule has 0 fully saturated rings. The van der Waals surface area contributed by atoms with Gasteiger partial charge in [0.25, 0.3) is 0 Å². The van der Waals surface area contributed by atoms with E-state index in [1.807, 2.05) is 13.8 Å². The molecule has 3 aromatic rings. The van der Waals surface area contributed by atoms with Gasteiger partial charge in [-0.1, -0.05) is 41.0 Å². The first-order chi connectivity index (χ1) is 13.6. The maximum absolute atomic E-state index is 13.4. The molecule has 3 rings (SSSR count). The Bertz CT molecular complexity index is 1100. The van der Waals surface area contributed by atoms with Crippen molar-refractivity contribution in [3.8, 4) is 11.4 Å². The van der Waals surface area contributed by atoms with Gasteiger partial charge in [-0.25, -0.2) is 8.57 Å². The first kappa shape index (κ1) is 21.3. The lowest BCUT2D eigenvalue weighted by Gasteiger charge is -2.14. The second-order valence-corrected chi connectivity index (χ2v) is 9.72. The monoisotopic (exact) mass is 443 g/mol. The minimum atomic E-state index is -4.69. The molecule has 1 heterocycles. The normalized spacial score (nSPS) is 14.0. The number of aromatic nitrogens is 2. The van der Waals surface area contributed by atoms with Crippen LogP contribution in [0.4, 0.5) is 13.2 Å². The number of rotatable bonds is 5. The van der Waals surface area contributed by atoms with Gasteiger partial charge in [-0.2, -0.15) is 18.2 Å². The molecule has 0 radical (unpaired) electrons. The predicted molar refractivity (Wildman–Crippen MR) is 104 cm³/mol. The van der Waals surface area contributed by atoms with Crippen LogP contribution < -0.4 is 0 Å². The molecule has 154 valence electrons. The van der Waals surface area contributed by atoms with E-state index in [-0.39, 0.29) is 17.6 Å². The summed E-state index contributed by atoms with van der Waals surface area (Å²) in [6.45, 7) is 3.84. The average molecular weight is 444 g/mol. The smallest absolute Gasteiger partial charge is 0.329 e. The first-order valence-corrected chi connectivity index (χ1v) is 10.5. The maximum atomic E-state index is 13.4. The summed E-state index contributed by atoms with van der Waals surface area (Å²) in [6, 6.07) is 13.2. The van der Waals surface area contributed by atoms with Crippen LogP contribution in [0.3, 0.4) is 0 Å². The van der Waals surface area contributed by atoms with E-state index in [1.165, 1.54) is 0 Å².